The van der Waals surface area contributed by atoms with Gasteiger partial charge in [-0.05, 0) is 50.6 Å². The second-order valence-electron chi connectivity index (χ2n) is 9.73. The molecule has 2 amide bonds. The Bertz CT molecular complexity index is 1190. The monoisotopic (exact) mass is 552 g/mol. The quantitative estimate of drug-likeness (QED) is 0.373. The molecule has 188 valence electrons. The summed E-state index contributed by atoms with van der Waals surface area (Å²) in [5.41, 5.74) is 2.81. The molecule has 36 heavy (non-hydrogen) atoms. The van der Waals surface area contributed by atoms with Crippen LogP contribution in [0.5, 0.6) is 0 Å². The van der Waals surface area contributed by atoms with E-state index in [4.69, 9.17) is 10.00 Å². The number of benzene rings is 2. The highest BCUT2D eigenvalue weighted by molar-refractivity contribution is 8.93. The smallest absolute Gasteiger partial charge is 0.312 e. The first-order chi connectivity index (χ1) is 16.7. The van der Waals surface area contributed by atoms with Crippen LogP contribution in [0.1, 0.15) is 59.0 Å². The Kier molecular flexibility index (Phi) is 8.21. The van der Waals surface area contributed by atoms with Gasteiger partial charge in [0.2, 0.25) is 0 Å². The normalized spacial score (nSPS) is 14.8. The van der Waals surface area contributed by atoms with E-state index in [0.29, 0.717) is 36.3 Å². The summed E-state index contributed by atoms with van der Waals surface area (Å²) in [6.45, 7) is 6.84. The topological polar surface area (TPSA) is 93.9 Å². The SMILES string of the molecule is Br.CC(C)(C)C(=O)OCN1C=C(CCN2C(=O)c3ccccc3C2=O)N(Cc2ccc(C#N)cc2)C1. The van der Waals surface area contributed by atoms with E-state index < -0.39 is 5.41 Å². The van der Waals surface area contributed by atoms with Crippen LogP contribution in [0.4, 0.5) is 0 Å². The third kappa shape index (κ3) is 5.77. The van der Waals surface area contributed by atoms with Crippen LogP contribution >= 0.6 is 17.0 Å². The van der Waals surface area contributed by atoms with Crippen LogP contribution in [0.3, 0.4) is 0 Å². The lowest BCUT2D eigenvalue weighted by Gasteiger charge is -2.25. The molecule has 0 unspecified atom stereocenters. The van der Waals surface area contributed by atoms with Gasteiger partial charge in [0.15, 0.2) is 6.73 Å². The van der Waals surface area contributed by atoms with Crippen molar-refractivity contribution in [2.24, 2.45) is 5.41 Å². The van der Waals surface area contributed by atoms with E-state index in [1.165, 1.54) is 4.90 Å². The molecule has 0 aliphatic carbocycles. The highest BCUT2D eigenvalue weighted by Gasteiger charge is 2.35. The number of carbonyl (C=O) groups is 3. The molecule has 0 spiro atoms. The number of hydrogen-bond acceptors (Lipinski definition) is 7. The number of imide groups is 1. The Morgan fingerprint density at radius 2 is 1.64 bits per heavy atom. The standard InChI is InChI=1S/C27H28N4O4.BrH/c1-27(2,3)26(34)35-18-29-16-21(30(17-29)15-20-10-8-19(14-28)9-11-20)12-13-31-24(32)22-6-4-5-7-23(22)25(31)33;/h4-11,16H,12-13,15,17-18H2,1-3H3;1H. The summed E-state index contributed by atoms with van der Waals surface area (Å²) < 4.78 is 5.48. The lowest BCUT2D eigenvalue weighted by Crippen LogP contribution is -2.33. The Labute approximate surface area is 221 Å². The van der Waals surface area contributed by atoms with E-state index in [2.05, 4.69) is 11.0 Å². The van der Waals surface area contributed by atoms with Gasteiger partial charge in [-0.1, -0.05) is 24.3 Å². The highest BCUT2D eigenvalue weighted by atomic mass is 79.9. The first kappa shape index (κ1) is 27.0. The maximum atomic E-state index is 12.8. The van der Waals surface area contributed by atoms with Crippen molar-refractivity contribution < 1.29 is 19.1 Å². The van der Waals surface area contributed by atoms with Gasteiger partial charge in [-0.25, -0.2) is 0 Å². The van der Waals surface area contributed by atoms with Crippen molar-refractivity contribution in [3.63, 3.8) is 0 Å². The van der Waals surface area contributed by atoms with E-state index >= 15 is 0 Å². The Morgan fingerprint density at radius 3 is 2.19 bits per heavy atom. The Morgan fingerprint density at radius 1 is 1.03 bits per heavy atom. The molecule has 2 heterocycles. The number of rotatable bonds is 7. The Balaban J connectivity index is 0.00000361. The number of nitrogens with zero attached hydrogens (tertiary/aromatic N) is 4. The molecule has 0 atom stereocenters. The van der Waals surface area contributed by atoms with Crippen LogP contribution in [0.2, 0.25) is 0 Å². The highest BCUT2D eigenvalue weighted by Crippen LogP contribution is 2.27. The summed E-state index contributed by atoms with van der Waals surface area (Å²) in [6, 6.07) is 16.3. The predicted octanol–water partition coefficient (Wildman–Crippen LogP) is 4.29. The van der Waals surface area contributed by atoms with Crippen LogP contribution < -0.4 is 0 Å². The zero-order valence-corrected chi connectivity index (χ0v) is 22.3. The van der Waals surface area contributed by atoms with E-state index in [9.17, 15) is 14.4 Å². The third-order valence-electron chi connectivity index (χ3n) is 5.99. The predicted molar refractivity (Wildman–Crippen MR) is 139 cm³/mol. The molecular weight excluding hydrogens is 524 g/mol. The van der Waals surface area contributed by atoms with E-state index in [1.807, 2.05) is 23.2 Å². The largest absolute Gasteiger partial charge is 0.444 e. The molecule has 0 aromatic heterocycles. The lowest BCUT2D eigenvalue weighted by molar-refractivity contribution is -0.157. The van der Waals surface area contributed by atoms with Crippen LogP contribution in [0.25, 0.3) is 0 Å². The maximum absolute atomic E-state index is 12.8. The second-order valence-corrected chi connectivity index (χ2v) is 9.73. The number of carbonyl (C=O) groups excluding carboxylic acids is 3. The van der Waals surface area contributed by atoms with E-state index in [-0.39, 0.29) is 48.0 Å². The molecule has 4 rings (SSSR count). The number of fused-ring (bicyclic) bond motifs is 1. The van der Waals surface area contributed by atoms with Crippen LogP contribution in [-0.2, 0) is 16.1 Å². The van der Waals surface area contributed by atoms with Gasteiger partial charge in [0, 0.05) is 31.4 Å². The average molecular weight is 553 g/mol. The summed E-state index contributed by atoms with van der Waals surface area (Å²) in [7, 11) is 0. The Hall–Kier alpha value is -3.64. The summed E-state index contributed by atoms with van der Waals surface area (Å²) >= 11 is 0. The molecule has 2 aliphatic heterocycles. The molecule has 2 aliphatic rings. The van der Waals surface area contributed by atoms with E-state index in [1.54, 1.807) is 57.2 Å². The van der Waals surface area contributed by atoms with Crippen LogP contribution in [0, 0.1) is 16.7 Å². The minimum Gasteiger partial charge on any atom is -0.444 e. The van der Waals surface area contributed by atoms with Crippen molar-refractivity contribution in [2.45, 2.75) is 33.7 Å². The molecule has 0 saturated carbocycles. The minimum atomic E-state index is -0.597. The third-order valence-corrected chi connectivity index (χ3v) is 5.99. The first-order valence-corrected chi connectivity index (χ1v) is 11.5. The fourth-order valence-corrected chi connectivity index (χ4v) is 4.03. The number of ether oxygens (including phenoxy) is 1. The number of esters is 1. The van der Waals surface area contributed by atoms with Gasteiger partial charge >= 0.3 is 5.97 Å². The van der Waals surface area contributed by atoms with Crippen LogP contribution in [-0.4, -0.2) is 52.4 Å². The maximum Gasteiger partial charge on any atom is 0.312 e. The van der Waals surface area contributed by atoms with Crippen molar-refractivity contribution >= 4 is 34.8 Å². The molecule has 2 aromatic carbocycles. The molecule has 2 aromatic rings. The number of amides is 2. The van der Waals surface area contributed by atoms with E-state index in [0.717, 1.165) is 11.3 Å². The average Bonchev–Trinajstić information content (AvgIpc) is 3.33. The van der Waals surface area contributed by atoms with Gasteiger partial charge in [0.1, 0.15) is 0 Å². The number of hydrogen-bond donors (Lipinski definition) is 0. The summed E-state index contributed by atoms with van der Waals surface area (Å²) in [5, 5.41) is 9.05. The fourth-order valence-electron chi connectivity index (χ4n) is 4.03. The lowest BCUT2D eigenvalue weighted by atomic mass is 9.98. The van der Waals surface area contributed by atoms with Crippen molar-refractivity contribution in [3.05, 3.63) is 82.7 Å². The second kappa shape index (κ2) is 11.0. The first-order valence-electron chi connectivity index (χ1n) is 11.5. The summed E-state index contributed by atoms with van der Waals surface area (Å²) in [4.78, 5) is 43.0. The van der Waals surface area contributed by atoms with Crippen molar-refractivity contribution in [1.82, 2.24) is 14.7 Å². The summed E-state index contributed by atoms with van der Waals surface area (Å²) in [5.74, 6) is -0.846. The van der Waals surface area contributed by atoms with Crippen molar-refractivity contribution in [3.8, 4) is 6.07 Å². The molecule has 0 fully saturated rings. The van der Waals surface area contributed by atoms with Crippen molar-refractivity contribution in [1.29, 1.82) is 5.26 Å². The molecule has 0 saturated heterocycles. The molecule has 9 heteroatoms. The zero-order chi connectivity index (χ0) is 25.2. The molecular formula is C27H29BrN4O4. The van der Waals surface area contributed by atoms with Gasteiger partial charge in [0.25, 0.3) is 11.8 Å². The minimum absolute atomic E-state index is 0. The summed E-state index contributed by atoms with van der Waals surface area (Å²) in [6.07, 6.45) is 2.38. The van der Waals surface area contributed by atoms with Gasteiger partial charge < -0.3 is 14.5 Å². The van der Waals surface area contributed by atoms with Crippen LogP contribution in [0.15, 0.2) is 60.4 Å². The molecule has 8 nitrogen and oxygen atoms in total. The van der Waals surface area contributed by atoms with Gasteiger partial charge in [-0.3, -0.25) is 19.3 Å². The van der Waals surface area contributed by atoms with Gasteiger partial charge in [0.05, 0.1) is 34.8 Å². The number of nitriles is 1. The van der Waals surface area contributed by atoms with Gasteiger partial charge in [-0.2, -0.15) is 5.26 Å². The molecule has 0 bridgehead atoms. The zero-order valence-electron chi connectivity index (χ0n) is 20.6. The molecule has 0 N–H and O–H groups in total. The number of halogens is 1. The van der Waals surface area contributed by atoms with Crippen molar-refractivity contribution in [2.75, 3.05) is 19.9 Å². The van der Waals surface area contributed by atoms with Gasteiger partial charge in [-0.15, -0.1) is 17.0 Å². The molecule has 0 radical (unpaired) electrons. The fraction of sp³-hybridized carbons (Fsp3) is 0.333.